The van der Waals surface area contributed by atoms with E-state index in [2.05, 4.69) is 46.4 Å². The van der Waals surface area contributed by atoms with E-state index >= 15 is 0 Å². The van der Waals surface area contributed by atoms with E-state index in [-0.39, 0.29) is 11.3 Å². The lowest BCUT2D eigenvalue weighted by atomic mass is 9.99. The predicted octanol–water partition coefficient (Wildman–Crippen LogP) is 4.38. The summed E-state index contributed by atoms with van der Waals surface area (Å²) in [4.78, 5) is 16.8. The van der Waals surface area contributed by atoms with E-state index in [1.165, 1.54) is 43.6 Å². The summed E-state index contributed by atoms with van der Waals surface area (Å²) in [7, 11) is 0. The summed E-state index contributed by atoms with van der Waals surface area (Å²) in [6.07, 6.45) is 6.03. The Balaban J connectivity index is 1.08. The van der Waals surface area contributed by atoms with E-state index in [1.807, 2.05) is 0 Å². The lowest BCUT2D eigenvalue weighted by Gasteiger charge is -2.30. The summed E-state index contributed by atoms with van der Waals surface area (Å²) in [6.45, 7) is 7.87. The summed E-state index contributed by atoms with van der Waals surface area (Å²) in [5.74, 6) is 1.81. The topological polar surface area (TPSA) is 97.8 Å². The number of pyridine rings is 1. The average Bonchev–Trinajstić information content (AvgIpc) is 2.91. The fourth-order valence-electron chi connectivity index (χ4n) is 4.94. The van der Waals surface area contributed by atoms with E-state index in [9.17, 15) is 15.0 Å². The van der Waals surface area contributed by atoms with Gasteiger partial charge < -0.3 is 30.2 Å². The number of aliphatic hydroxyl groups is 1. The number of hydrogen-bond donors (Lipinski definition) is 4. The van der Waals surface area contributed by atoms with Gasteiger partial charge in [-0.1, -0.05) is 25.1 Å². The van der Waals surface area contributed by atoms with Gasteiger partial charge in [0.1, 0.15) is 11.5 Å². The molecule has 2 heterocycles. The van der Waals surface area contributed by atoms with E-state index in [0.29, 0.717) is 29.6 Å². The third kappa shape index (κ3) is 8.06. The number of nitrogens with zero attached hydrogens (tertiary/aromatic N) is 1. The number of likely N-dealkylation sites (tertiary alicyclic amines) is 1. The second kappa shape index (κ2) is 13.6. The molecule has 3 aromatic rings. The maximum Gasteiger partial charge on any atom is 0.248 e. The molecule has 1 aliphatic heterocycles. The number of hydrogen-bond acceptors (Lipinski definition) is 6. The van der Waals surface area contributed by atoms with Crippen LogP contribution in [0, 0.1) is 5.92 Å². The molecule has 4 N–H and O–H groups in total. The highest BCUT2D eigenvalue weighted by atomic mass is 16.5. The molecule has 1 saturated heterocycles. The van der Waals surface area contributed by atoms with Crippen LogP contribution in [0.3, 0.4) is 0 Å². The molecule has 1 aromatic heterocycles. The van der Waals surface area contributed by atoms with Crippen molar-refractivity contribution < 1.29 is 14.9 Å². The second-order valence-corrected chi connectivity index (χ2v) is 10.3. The van der Waals surface area contributed by atoms with Crippen molar-refractivity contribution in [3.63, 3.8) is 0 Å². The molecular formula is C30H41N3O4. The van der Waals surface area contributed by atoms with E-state index < -0.39 is 6.10 Å². The number of aromatic amines is 1. The van der Waals surface area contributed by atoms with Crippen molar-refractivity contribution in [2.45, 2.75) is 51.6 Å². The molecule has 1 fully saturated rings. The Morgan fingerprint density at radius 2 is 1.84 bits per heavy atom. The van der Waals surface area contributed by atoms with Crippen LogP contribution in [-0.2, 0) is 6.42 Å². The fourth-order valence-corrected chi connectivity index (χ4v) is 4.94. The van der Waals surface area contributed by atoms with Crippen LogP contribution >= 0.6 is 0 Å². The molecule has 0 unspecified atom stereocenters. The zero-order chi connectivity index (χ0) is 26.0. The summed E-state index contributed by atoms with van der Waals surface area (Å²) in [6, 6.07) is 14.8. The van der Waals surface area contributed by atoms with Crippen molar-refractivity contribution in [1.82, 2.24) is 15.2 Å². The van der Waals surface area contributed by atoms with Gasteiger partial charge in [-0.3, -0.25) is 4.79 Å². The van der Waals surface area contributed by atoms with Crippen LogP contribution in [0.4, 0.5) is 0 Å². The molecule has 1 atom stereocenters. The summed E-state index contributed by atoms with van der Waals surface area (Å²) in [5.41, 5.74) is 2.11. The number of phenols is 1. The average molecular weight is 508 g/mol. The van der Waals surface area contributed by atoms with Gasteiger partial charge in [0.05, 0.1) is 18.2 Å². The first-order chi connectivity index (χ1) is 18.0. The molecule has 0 radical (unpaired) electrons. The maximum atomic E-state index is 11.6. The highest BCUT2D eigenvalue weighted by Crippen LogP contribution is 2.28. The third-order valence-electron chi connectivity index (χ3n) is 7.39. The number of nitrogens with one attached hydrogen (secondary N) is 2. The number of aromatic nitrogens is 1. The number of benzene rings is 2. The Morgan fingerprint density at radius 1 is 1.05 bits per heavy atom. The van der Waals surface area contributed by atoms with Gasteiger partial charge in [-0.2, -0.15) is 0 Å². The molecule has 4 rings (SSSR count). The number of fused-ring (bicyclic) bond motifs is 1. The van der Waals surface area contributed by atoms with Crippen LogP contribution in [0.15, 0.2) is 53.3 Å². The molecule has 0 spiro atoms. The summed E-state index contributed by atoms with van der Waals surface area (Å²) in [5, 5.41) is 24.6. The van der Waals surface area contributed by atoms with Gasteiger partial charge in [-0.05, 0) is 99.5 Å². The summed E-state index contributed by atoms with van der Waals surface area (Å²) >= 11 is 0. The number of aliphatic hydroxyl groups excluding tert-OH is 1. The first kappa shape index (κ1) is 27.2. The smallest absolute Gasteiger partial charge is 0.248 e. The molecule has 0 saturated carbocycles. The van der Waals surface area contributed by atoms with Crippen molar-refractivity contribution in [2.24, 2.45) is 5.92 Å². The van der Waals surface area contributed by atoms with Gasteiger partial charge >= 0.3 is 0 Å². The van der Waals surface area contributed by atoms with Crippen LogP contribution in [0.25, 0.3) is 10.9 Å². The molecule has 200 valence electrons. The molecule has 1 aliphatic rings. The highest BCUT2D eigenvalue weighted by molar-refractivity contribution is 5.87. The first-order valence-corrected chi connectivity index (χ1v) is 13.7. The largest absolute Gasteiger partial charge is 0.506 e. The predicted molar refractivity (Wildman–Crippen MR) is 148 cm³/mol. The van der Waals surface area contributed by atoms with Crippen LogP contribution in [0.2, 0.25) is 0 Å². The van der Waals surface area contributed by atoms with Crippen molar-refractivity contribution in [1.29, 1.82) is 0 Å². The van der Waals surface area contributed by atoms with Crippen LogP contribution in [-0.4, -0.2) is 59.4 Å². The second-order valence-electron chi connectivity index (χ2n) is 10.3. The van der Waals surface area contributed by atoms with Crippen molar-refractivity contribution in [2.75, 3.05) is 39.3 Å². The van der Waals surface area contributed by atoms with Crippen molar-refractivity contribution in [3.05, 3.63) is 70.0 Å². The Hall–Kier alpha value is -2.87. The van der Waals surface area contributed by atoms with Gasteiger partial charge in [0.15, 0.2) is 0 Å². The van der Waals surface area contributed by atoms with E-state index in [0.717, 1.165) is 50.4 Å². The number of piperidine rings is 1. The minimum absolute atomic E-state index is 0.00246. The third-order valence-corrected chi connectivity index (χ3v) is 7.39. The molecule has 37 heavy (non-hydrogen) atoms. The minimum Gasteiger partial charge on any atom is -0.506 e. The number of unbranched alkanes of at least 4 members (excludes halogenated alkanes) is 2. The number of phenolic OH excluding ortho intramolecular Hbond substituents is 1. The van der Waals surface area contributed by atoms with Crippen molar-refractivity contribution >= 4 is 10.9 Å². The van der Waals surface area contributed by atoms with Crippen LogP contribution < -0.4 is 15.6 Å². The molecular weight excluding hydrogens is 466 g/mol. The SMILES string of the molecule is CC1CCN(CCc2ccc(OCCCCCNC[C@H](O)c3ccc(O)c4[nH]c(=O)ccc34)cc2)CC1. The van der Waals surface area contributed by atoms with Gasteiger partial charge in [0.25, 0.3) is 0 Å². The Morgan fingerprint density at radius 3 is 2.62 bits per heavy atom. The molecule has 0 amide bonds. The quantitative estimate of drug-likeness (QED) is 0.256. The lowest BCUT2D eigenvalue weighted by molar-refractivity contribution is 0.176. The fraction of sp³-hybridized carbons (Fsp3) is 0.500. The molecule has 0 aliphatic carbocycles. The maximum absolute atomic E-state index is 11.6. The first-order valence-electron chi connectivity index (χ1n) is 13.7. The molecule has 0 bridgehead atoms. The molecule has 7 heteroatoms. The van der Waals surface area contributed by atoms with E-state index in [4.69, 9.17) is 4.74 Å². The molecule has 7 nitrogen and oxygen atoms in total. The number of H-pyrrole nitrogens is 1. The normalized spacial score (nSPS) is 15.7. The van der Waals surface area contributed by atoms with Gasteiger partial charge in [0, 0.05) is 24.5 Å². The van der Waals surface area contributed by atoms with Gasteiger partial charge in [-0.25, -0.2) is 0 Å². The lowest BCUT2D eigenvalue weighted by Crippen LogP contribution is -2.34. The van der Waals surface area contributed by atoms with Gasteiger partial charge in [0.2, 0.25) is 5.56 Å². The summed E-state index contributed by atoms with van der Waals surface area (Å²) < 4.78 is 5.91. The Labute approximate surface area is 219 Å². The number of rotatable bonds is 13. The standard InChI is InChI=1S/C30H41N3O4/c1-22-13-17-33(18-14-22)19-15-23-5-7-24(8-6-23)37-20-4-2-3-16-31-21-28(35)25-9-11-27(34)30-26(25)10-12-29(36)32-30/h5-12,22,28,31,34-35H,2-4,13-21H2,1H3,(H,32,36)/t28-/m0/s1. The van der Waals surface area contributed by atoms with Crippen LogP contribution in [0.5, 0.6) is 11.5 Å². The van der Waals surface area contributed by atoms with Gasteiger partial charge in [-0.15, -0.1) is 0 Å². The minimum atomic E-state index is -0.733. The van der Waals surface area contributed by atoms with Crippen LogP contribution in [0.1, 0.15) is 56.3 Å². The number of ether oxygens (including phenoxy) is 1. The van der Waals surface area contributed by atoms with E-state index in [1.54, 1.807) is 12.1 Å². The molecule has 2 aromatic carbocycles. The number of aromatic hydroxyl groups is 1. The Bertz CT molecular complexity index is 1170. The Kier molecular flexibility index (Phi) is 9.99. The monoisotopic (exact) mass is 507 g/mol. The zero-order valence-electron chi connectivity index (χ0n) is 21.9. The highest BCUT2D eigenvalue weighted by Gasteiger charge is 2.15. The van der Waals surface area contributed by atoms with Crippen molar-refractivity contribution in [3.8, 4) is 11.5 Å². The zero-order valence-corrected chi connectivity index (χ0v) is 21.9.